The molecule has 0 saturated carbocycles. The van der Waals surface area contributed by atoms with Crippen molar-refractivity contribution in [1.82, 2.24) is 9.88 Å². The highest BCUT2D eigenvalue weighted by atomic mass is 35.5. The van der Waals surface area contributed by atoms with E-state index < -0.39 is 0 Å². The smallest absolute Gasteiger partial charge is 0.252 e. The molecule has 1 saturated heterocycles. The Labute approximate surface area is 191 Å². The van der Waals surface area contributed by atoms with E-state index in [1.165, 1.54) is 23.5 Å². The van der Waals surface area contributed by atoms with Gasteiger partial charge in [0, 0.05) is 32.3 Å². The SMILES string of the molecule is Cl.O=C(/C=C/c1ccccc1)N(CCCN1CCOCC1)c1nc2ccc(F)cc2s1. The number of hydrogen-bond donors (Lipinski definition) is 0. The van der Waals surface area contributed by atoms with Crippen molar-refractivity contribution in [2.75, 3.05) is 44.3 Å². The van der Waals surface area contributed by atoms with Gasteiger partial charge in [-0.2, -0.15) is 0 Å². The average Bonchev–Trinajstić information content (AvgIpc) is 3.19. The molecular formula is C23H25ClFN3O2S. The maximum atomic E-state index is 13.6. The van der Waals surface area contributed by atoms with E-state index in [0.717, 1.165) is 49.5 Å². The summed E-state index contributed by atoms with van der Waals surface area (Å²) in [4.78, 5) is 21.7. The first-order valence-corrected chi connectivity index (χ1v) is 10.9. The Morgan fingerprint density at radius 2 is 1.97 bits per heavy atom. The predicted molar refractivity (Wildman–Crippen MR) is 127 cm³/mol. The van der Waals surface area contributed by atoms with E-state index in [4.69, 9.17) is 4.74 Å². The second-order valence-corrected chi connectivity index (χ2v) is 8.16. The lowest BCUT2D eigenvalue weighted by atomic mass is 10.2. The van der Waals surface area contributed by atoms with E-state index in [0.29, 0.717) is 17.2 Å². The van der Waals surface area contributed by atoms with E-state index in [1.807, 2.05) is 36.4 Å². The zero-order valence-electron chi connectivity index (χ0n) is 17.1. The van der Waals surface area contributed by atoms with Gasteiger partial charge < -0.3 is 4.74 Å². The third-order valence-corrected chi connectivity index (χ3v) is 6.05. The number of nitrogens with zero attached hydrogens (tertiary/aromatic N) is 3. The van der Waals surface area contributed by atoms with Crippen molar-refractivity contribution in [1.29, 1.82) is 0 Å². The standard InChI is InChI=1S/C23H24FN3O2S.ClH/c24-19-8-9-20-21(17-19)30-23(25-20)27(12-4-11-26-13-15-29-16-14-26)22(28)10-7-18-5-2-1-3-6-18;/h1-3,5-10,17H,4,11-16H2;1H/b10-7+;. The molecule has 1 aromatic heterocycles. The number of aromatic nitrogens is 1. The van der Waals surface area contributed by atoms with Crippen LogP contribution in [-0.4, -0.2) is 55.2 Å². The summed E-state index contributed by atoms with van der Waals surface area (Å²) >= 11 is 1.34. The number of amides is 1. The van der Waals surface area contributed by atoms with Gasteiger partial charge in [0.1, 0.15) is 5.82 Å². The maximum absolute atomic E-state index is 13.6. The van der Waals surface area contributed by atoms with E-state index in [9.17, 15) is 9.18 Å². The molecule has 0 atom stereocenters. The van der Waals surface area contributed by atoms with Crippen molar-refractivity contribution in [3.8, 4) is 0 Å². The van der Waals surface area contributed by atoms with Gasteiger partial charge in [0.15, 0.2) is 5.13 Å². The highest BCUT2D eigenvalue weighted by Gasteiger charge is 2.19. The summed E-state index contributed by atoms with van der Waals surface area (Å²) in [5.74, 6) is -0.424. The molecule has 0 N–H and O–H groups in total. The molecule has 0 bridgehead atoms. The summed E-state index contributed by atoms with van der Waals surface area (Å²) in [5, 5.41) is 0.597. The lowest BCUT2D eigenvalue weighted by Crippen LogP contribution is -2.39. The Kier molecular flexibility index (Phi) is 8.54. The second-order valence-electron chi connectivity index (χ2n) is 7.15. The van der Waals surface area contributed by atoms with Gasteiger partial charge >= 0.3 is 0 Å². The molecule has 0 radical (unpaired) electrons. The Hall–Kier alpha value is -2.32. The van der Waals surface area contributed by atoms with Crippen LogP contribution in [0.4, 0.5) is 9.52 Å². The Morgan fingerprint density at radius 1 is 1.19 bits per heavy atom. The van der Waals surface area contributed by atoms with Crippen molar-refractivity contribution in [3.63, 3.8) is 0 Å². The molecule has 31 heavy (non-hydrogen) atoms. The van der Waals surface area contributed by atoms with Crippen molar-refractivity contribution in [3.05, 3.63) is 66.0 Å². The Morgan fingerprint density at radius 3 is 2.74 bits per heavy atom. The van der Waals surface area contributed by atoms with Crippen LogP contribution in [0.5, 0.6) is 0 Å². The summed E-state index contributed by atoms with van der Waals surface area (Å²) in [7, 11) is 0. The molecule has 0 aliphatic carbocycles. The first-order valence-electron chi connectivity index (χ1n) is 10.1. The van der Waals surface area contributed by atoms with Gasteiger partial charge in [-0.1, -0.05) is 41.7 Å². The first kappa shape index (κ1) is 23.3. The van der Waals surface area contributed by atoms with Crippen LogP contribution >= 0.6 is 23.7 Å². The Bertz CT molecular complexity index is 1020. The quantitative estimate of drug-likeness (QED) is 0.481. The third-order valence-electron chi connectivity index (χ3n) is 5.01. The van der Waals surface area contributed by atoms with Gasteiger partial charge in [0.25, 0.3) is 5.91 Å². The molecule has 164 valence electrons. The highest BCUT2D eigenvalue weighted by molar-refractivity contribution is 7.22. The summed E-state index contributed by atoms with van der Waals surface area (Å²) in [6.45, 7) is 4.80. The normalized spacial score (nSPS) is 14.6. The summed E-state index contributed by atoms with van der Waals surface area (Å²) in [6, 6.07) is 14.2. The van der Waals surface area contributed by atoms with Gasteiger partial charge in [-0.15, -0.1) is 12.4 Å². The Balaban J connectivity index is 0.00000272. The van der Waals surface area contributed by atoms with Gasteiger partial charge in [0.05, 0.1) is 23.4 Å². The van der Waals surface area contributed by atoms with Crippen LogP contribution in [-0.2, 0) is 9.53 Å². The van der Waals surface area contributed by atoms with Crippen molar-refractivity contribution >= 4 is 51.1 Å². The van der Waals surface area contributed by atoms with Gasteiger partial charge in [-0.25, -0.2) is 9.37 Å². The minimum Gasteiger partial charge on any atom is -0.379 e. The van der Waals surface area contributed by atoms with Crippen LogP contribution in [0.1, 0.15) is 12.0 Å². The van der Waals surface area contributed by atoms with Crippen LogP contribution < -0.4 is 4.90 Å². The maximum Gasteiger partial charge on any atom is 0.252 e. The molecule has 3 aromatic rings. The lowest BCUT2D eigenvalue weighted by Gasteiger charge is -2.27. The van der Waals surface area contributed by atoms with Crippen LogP contribution in [0, 0.1) is 5.82 Å². The summed E-state index contributed by atoms with van der Waals surface area (Å²) < 4.78 is 19.7. The number of anilines is 1. The second kappa shape index (κ2) is 11.3. The molecule has 1 amide bonds. The summed E-state index contributed by atoms with van der Waals surface area (Å²) in [6.07, 6.45) is 4.22. The lowest BCUT2D eigenvalue weighted by molar-refractivity contribution is -0.114. The molecule has 2 heterocycles. The minimum atomic E-state index is -0.299. The molecule has 8 heteroatoms. The van der Waals surface area contributed by atoms with Gasteiger partial charge in [-0.05, 0) is 36.3 Å². The van der Waals surface area contributed by atoms with E-state index in [-0.39, 0.29) is 24.1 Å². The molecular weight excluding hydrogens is 437 g/mol. The largest absolute Gasteiger partial charge is 0.379 e. The fourth-order valence-electron chi connectivity index (χ4n) is 3.40. The van der Waals surface area contributed by atoms with E-state index in [1.54, 1.807) is 17.0 Å². The number of thiazole rings is 1. The van der Waals surface area contributed by atoms with Crippen LogP contribution in [0.15, 0.2) is 54.6 Å². The monoisotopic (exact) mass is 461 g/mol. The minimum absolute atomic E-state index is 0. The number of morpholine rings is 1. The number of ether oxygens (including phenoxy) is 1. The molecule has 0 spiro atoms. The molecule has 1 aliphatic heterocycles. The van der Waals surface area contributed by atoms with E-state index in [2.05, 4.69) is 9.88 Å². The third kappa shape index (κ3) is 6.33. The zero-order chi connectivity index (χ0) is 20.8. The predicted octanol–water partition coefficient (Wildman–Crippen LogP) is 4.63. The van der Waals surface area contributed by atoms with Crippen LogP contribution in [0.2, 0.25) is 0 Å². The molecule has 0 unspecified atom stereocenters. The molecule has 1 aliphatic rings. The van der Waals surface area contributed by atoms with Gasteiger partial charge in [0.2, 0.25) is 0 Å². The van der Waals surface area contributed by atoms with Gasteiger partial charge in [-0.3, -0.25) is 14.6 Å². The van der Waals surface area contributed by atoms with Crippen LogP contribution in [0.3, 0.4) is 0 Å². The number of benzene rings is 2. The van der Waals surface area contributed by atoms with Crippen molar-refractivity contribution in [2.24, 2.45) is 0 Å². The summed E-state index contributed by atoms with van der Waals surface area (Å²) in [5.41, 5.74) is 1.67. The molecule has 5 nitrogen and oxygen atoms in total. The number of carbonyl (C=O) groups is 1. The molecule has 2 aromatic carbocycles. The van der Waals surface area contributed by atoms with Crippen molar-refractivity contribution < 1.29 is 13.9 Å². The number of carbonyl (C=O) groups excluding carboxylic acids is 1. The number of rotatable bonds is 7. The van der Waals surface area contributed by atoms with Crippen molar-refractivity contribution in [2.45, 2.75) is 6.42 Å². The molecule has 1 fully saturated rings. The average molecular weight is 462 g/mol. The zero-order valence-corrected chi connectivity index (χ0v) is 18.7. The molecule has 4 rings (SSSR count). The first-order chi connectivity index (χ1) is 14.7. The highest BCUT2D eigenvalue weighted by Crippen LogP contribution is 2.30. The number of halogens is 2. The topological polar surface area (TPSA) is 45.7 Å². The number of fused-ring (bicyclic) bond motifs is 1. The fourth-order valence-corrected chi connectivity index (χ4v) is 4.42. The number of hydrogen-bond acceptors (Lipinski definition) is 5. The fraction of sp³-hybridized carbons (Fsp3) is 0.304. The van der Waals surface area contributed by atoms with Crippen LogP contribution in [0.25, 0.3) is 16.3 Å². The van der Waals surface area contributed by atoms with E-state index >= 15 is 0 Å².